The molecule has 0 unspecified atom stereocenters. The van der Waals surface area contributed by atoms with Crippen molar-refractivity contribution in [3.05, 3.63) is 0 Å². The second kappa shape index (κ2) is 28.3. The fourth-order valence-corrected chi connectivity index (χ4v) is 0. The van der Waals surface area contributed by atoms with Gasteiger partial charge in [-0.25, -0.2) is 0 Å². The van der Waals surface area contributed by atoms with Crippen LogP contribution < -0.4 is 0 Å². The van der Waals surface area contributed by atoms with Gasteiger partial charge in [0.2, 0.25) is 0 Å². The van der Waals surface area contributed by atoms with E-state index in [-0.39, 0.29) is 99.0 Å². The van der Waals surface area contributed by atoms with E-state index >= 15 is 0 Å². The average Bonchev–Trinajstić information content (AvgIpc) is 0. The number of rotatable bonds is 0. The molecule has 0 bridgehead atoms. The maximum atomic E-state index is 0. The summed E-state index contributed by atoms with van der Waals surface area (Å²) in [4.78, 5) is 0. The third-order valence-corrected chi connectivity index (χ3v) is 0. The Morgan fingerprint density at radius 1 is 0.600 bits per heavy atom. The van der Waals surface area contributed by atoms with E-state index in [0.717, 1.165) is 0 Å². The summed E-state index contributed by atoms with van der Waals surface area (Å²) in [6, 6.07) is 0. The minimum atomic E-state index is 0. The third-order valence-electron chi connectivity index (χ3n) is 0. The summed E-state index contributed by atoms with van der Waals surface area (Å²) in [6.07, 6.45) is 0. The summed E-state index contributed by atoms with van der Waals surface area (Å²) in [7, 11) is 0. The van der Waals surface area contributed by atoms with Gasteiger partial charge in [-0.15, -0.1) is 37.2 Å². The maximum Gasteiger partial charge on any atom is 0 e. The van der Waals surface area contributed by atoms with Crippen molar-refractivity contribution in [3.8, 4) is 0 Å². The molecule has 0 aromatic rings. The van der Waals surface area contributed by atoms with E-state index in [1.54, 1.807) is 0 Å². The van der Waals surface area contributed by atoms with Crippen LogP contribution in [0.25, 0.3) is 0 Å². The molecule has 0 nitrogen and oxygen atoms in total. The van der Waals surface area contributed by atoms with Crippen LogP contribution in [0.4, 0.5) is 0 Å². The topological polar surface area (TPSA) is 0 Å². The van der Waals surface area contributed by atoms with Gasteiger partial charge in [0.25, 0.3) is 0 Å². The molecule has 0 saturated heterocycles. The number of hydrogen-bond acceptors (Lipinski definition) is 0. The van der Waals surface area contributed by atoms with Gasteiger partial charge in [0.15, 0.2) is 0 Å². The molecule has 0 aromatic heterocycles. The van der Waals surface area contributed by atoms with Crippen LogP contribution in [0.15, 0.2) is 0 Å². The number of hydrogen-bond donors (Lipinski definition) is 0. The summed E-state index contributed by atoms with van der Waals surface area (Å²) in [5.41, 5.74) is 0. The first kappa shape index (κ1) is 44.2. The molecular formula is H3Cl3LaZr. The fourth-order valence-electron chi connectivity index (χ4n) is 0. The molecule has 0 atom stereocenters. The van der Waals surface area contributed by atoms with E-state index in [1.165, 1.54) is 0 Å². The second-order valence-corrected chi connectivity index (χ2v) is 0. The van der Waals surface area contributed by atoms with Crippen LogP contribution in [0, 0.1) is 35.6 Å². The monoisotopic (exact) mass is 337 g/mol. The van der Waals surface area contributed by atoms with Crippen molar-refractivity contribution in [1.29, 1.82) is 0 Å². The standard InChI is InChI=1S/3ClH.La.Zr/h3*1H;;. The summed E-state index contributed by atoms with van der Waals surface area (Å²) in [5.74, 6) is 0. The van der Waals surface area contributed by atoms with Crippen LogP contribution in [0.3, 0.4) is 0 Å². The van der Waals surface area contributed by atoms with Crippen molar-refractivity contribution >= 4 is 37.2 Å². The van der Waals surface area contributed by atoms with E-state index < -0.39 is 0 Å². The molecule has 1 radical (unpaired) electrons. The summed E-state index contributed by atoms with van der Waals surface area (Å²) in [6.45, 7) is 0. The van der Waals surface area contributed by atoms with Gasteiger partial charge < -0.3 is 0 Å². The predicted octanol–water partition coefficient (Wildman–Crippen LogP) is 1.26. The van der Waals surface area contributed by atoms with Crippen LogP contribution in [-0.2, 0) is 26.2 Å². The Morgan fingerprint density at radius 2 is 0.600 bits per heavy atom. The van der Waals surface area contributed by atoms with E-state index in [0.29, 0.717) is 0 Å². The Kier molecular flexibility index (Phi) is 250. The zero-order valence-corrected chi connectivity index (χ0v) is 10.8. The Bertz CT molecular complexity index is 6.85. The molecule has 0 N–H and O–H groups in total. The van der Waals surface area contributed by atoms with Gasteiger partial charge in [-0.05, 0) is 0 Å². The maximum absolute atomic E-state index is 0. The van der Waals surface area contributed by atoms with Crippen molar-refractivity contribution in [1.82, 2.24) is 0 Å². The van der Waals surface area contributed by atoms with Crippen molar-refractivity contribution in [2.75, 3.05) is 0 Å². The smallest absolute Gasteiger partial charge is 0 e. The molecule has 0 amide bonds. The van der Waals surface area contributed by atoms with Crippen molar-refractivity contribution < 1.29 is 61.8 Å². The van der Waals surface area contributed by atoms with E-state index in [9.17, 15) is 0 Å². The van der Waals surface area contributed by atoms with Gasteiger partial charge in [0, 0.05) is 61.8 Å². The average molecular weight is 340 g/mol. The quantitative estimate of drug-likeness (QED) is 0.623. The Hall–Kier alpha value is 2.95. The molecule has 0 rings (SSSR count). The number of halogens is 3. The van der Waals surface area contributed by atoms with Crippen LogP contribution in [0.2, 0.25) is 0 Å². The van der Waals surface area contributed by atoms with Gasteiger partial charge in [-0.1, -0.05) is 0 Å². The molecule has 0 aliphatic carbocycles. The van der Waals surface area contributed by atoms with Crippen LogP contribution in [-0.4, -0.2) is 0 Å². The largest absolute Gasteiger partial charge is 0.147 e. The molecule has 0 saturated carbocycles. The minimum absolute atomic E-state index is 0. The Morgan fingerprint density at radius 3 is 0.600 bits per heavy atom. The molecule has 0 fully saturated rings. The van der Waals surface area contributed by atoms with Crippen LogP contribution in [0.1, 0.15) is 0 Å². The van der Waals surface area contributed by atoms with E-state index in [2.05, 4.69) is 0 Å². The van der Waals surface area contributed by atoms with Gasteiger partial charge >= 0.3 is 0 Å². The van der Waals surface area contributed by atoms with E-state index in [1.807, 2.05) is 0 Å². The van der Waals surface area contributed by atoms with E-state index in [4.69, 9.17) is 0 Å². The molecule has 0 heterocycles. The molecule has 5 heteroatoms. The Balaban J connectivity index is 0. The first-order valence-electron chi connectivity index (χ1n) is 0. The fraction of sp³-hybridized carbons (Fsp3) is 0. The summed E-state index contributed by atoms with van der Waals surface area (Å²) >= 11 is 0. The van der Waals surface area contributed by atoms with Gasteiger partial charge in [-0.2, -0.15) is 0 Å². The van der Waals surface area contributed by atoms with Gasteiger partial charge in [0.1, 0.15) is 0 Å². The molecule has 0 aliphatic heterocycles. The molecular weight excluding hydrogens is 336 g/mol. The SMILES string of the molecule is Cl.Cl.Cl.[La].[Zr]. The predicted molar refractivity (Wildman–Crippen MR) is 21.7 cm³/mol. The second-order valence-electron chi connectivity index (χ2n) is 0. The van der Waals surface area contributed by atoms with Crippen molar-refractivity contribution in [3.63, 3.8) is 0 Å². The van der Waals surface area contributed by atoms with Crippen LogP contribution in [0.5, 0.6) is 0 Å². The van der Waals surface area contributed by atoms with Gasteiger partial charge in [0.05, 0.1) is 0 Å². The zero-order chi connectivity index (χ0) is 0. The Labute approximate surface area is 97.2 Å². The minimum Gasteiger partial charge on any atom is -0.147 e. The summed E-state index contributed by atoms with van der Waals surface area (Å²) < 4.78 is 0. The van der Waals surface area contributed by atoms with Crippen LogP contribution >= 0.6 is 37.2 Å². The molecule has 31 valence electrons. The third kappa shape index (κ3) is 19.6. The molecule has 0 aliphatic rings. The van der Waals surface area contributed by atoms with Crippen molar-refractivity contribution in [2.45, 2.75) is 0 Å². The summed E-state index contributed by atoms with van der Waals surface area (Å²) in [5, 5.41) is 0. The normalized spacial score (nSPS) is 0. The zero-order valence-electron chi connectivity index (χ0n) is 2.30. The molecule has 0 spiro atoms. The molecule has 0 aromatic carbocycles. The van der Waals surface area contributed by atoms with Gasteiger partial charge in [-0.3, -0.25) is 0 Å². The molecule has 5 heavy (non-hydrogen) atoms. The first-order chi connectivity index (χ1) is 0. The van der Waals surface area contributed by atoms with Crippen molar-refractivity contribution in [2.24, 2.45) is 0 Å². The first-order valence-corrected chi connectivity index (χ1v) is 0.